The Morgan fingerprint density at radius 1 is 0.304 bits per heavy atom. The fourth-order valence-corrected chi connectivity index (χ4v) is 8.03. The van der Waals surface area contributed by atoms with E-state index in [9.17, 15) is 0 Å². The number of para-hydroxylation sites is 5. The third kappa shape index (κ3) is 6.17. The molecule has 0 spiro atoms. The van der Waals surface area contributed by atoms with Crippen LogP contribution in [0.25, 0.3) is 43.8 Å². The fourth-order valence-electron chi connectivity index (χ4n) is 8.03. The molecule has 0 unspecified atom stereocenters. The second-order valence-electron chi connectivity index (χ2n) is 13.6. The minimum atomic E-state index is 0.816. The van der Waals surface area contributed by atoms with Gasteiger partial charge >= 0.3 is 0 Å². The minimum Gasteiger partial charge on any atom is -0.496 e. The van der Waals surface area contributed by atoms with E-state index in [0.29, 0.717) is 0 Å². The third-order valence-corrected chi connectivity index (χ3v) is 10.4. The van der Waals surface area contributed by atoms with Gasteiger partial charge in [-0.2, -0.15) is 0 Å². The highest BCUT2D eigenvalue weighted by atomic mass is 16.5. The van der Waals surface area contributed by atoms with Crippen LogP contribution >= 0.6 is 0 Å². The highest BCUT2D eigenvalue weighted by molar-refractivity contribution is 6.25. The molecule has 9 aromatic rings. The lowest BCUT2D eigenvalue weighted by molar-refractivity contribution is 0.416. The van der Waals surface area contributed by atoms with Crippen molar-refractivity contribution < 1.29 is 9.47 Å². The maximum absolute atomic E-state index is 6.09. The van der Waals surface area contributed by atoms with Crippen LogP contribution in [0.3, 0.4) is 0 Å². The molecule has 4 heteroatoms. The molecule has 0 saturated carbocycles. The van der Waals surface area contributed by atoms with Gasteiger partial charge < -0.3 is 19.3 Å². The Morgan fingerprint density at radius 3 is 1.20 bits per heavy atom. The summed E-state index contributed by atoms with van der Waals surface area (Å²) < 4.78 is 12.1. The molecular weight excluding hydrogens is 685 g/mol. The summed E-state index contributed by atoms with van der Waals surface area (Å²) in [4.78, 5) is 4.67. The molecule has 9 rings (SSSR count). The van der Waals surface area contributed by atoms with E-state index >= 15 is 0 Å². The lowest BCUT2D eigenvalue weighted by Gasteiger charge is -2.30. The summed E-state index contributed by atoms with van der Waals surface area (Å²) in [5.41, 5.74) is 10.7. The summed E-state index contributed by atoms with van der Waals surface area (Å²) in [6, 6.07) is 72.6. The summed E-state index contributed by atoms with van der Waals surface area (Å²) in [6.45, 7) is 0. The average Bonchev–Trinajstić information content (AvgIpc) is 3.27. The van der Waals surface area contributed by atoms with Gasteiger partial charge in [0.05, 0.1) is 19.9 Å². The number of benzene rings is 9. The number of fused-ring (bicyclic) bond motifs is 2. The van der Waals surface area contributed by atoms with Gasteiger partial charge in [-0.05, 0) is 95.0 Å². The van der Waals surface area contributed by atoms with Crippen LogP contribution < -0.4 is 19.3 Å². The van der Waals surface area contributed by atoms with Crippen molar-refractivity contribution in [1.82, 2.24) is 0 Å². The van der Waals surface area contributed by atoms with E-state index in [4.69, 9.17) is 9.47 Å². The summed E-state index contributed by atoms with van der Waals surface area (Å²) >= 11 is 0. The molecule has 0 aliphatic rings. The quantitative estimate of drug-likeness (QED) is 0.131. The van der Waals surface area contributed by atoms with Crippen molar-refractivity contribution in [2.75, 3.05) is 24.0 Å². The molecule has 0 radical (unpaired) electrons. The molecule has 56 heavy (non-hydrogen) atoms. The lowest BCUT2D eigenvalue weighted by Crippen LogP contribution is -2.12. The largest absolute Gasteiger partial charge is 0.496 e. The van der Waals surface area contributed by atoms with Gasteiger partial charge in [0.1, 0.15) is 11.5 Å². The van der Waals surface area contributed by atoms with Crippen LogP contribution in [0, 0.1) is 0 Å². The molecule has 0 aliphatic heterocycles. The Bertz CT molecular complexity index is 2730. The first kappa shape index (κ1) is 34.5. The number of methoxy groups -OCH3 is 2. The van der Waals surface area contributed by atoms with Gasteiger partial charge in [0, 0.05) is 56.1 Å². The monoisotopic (exact) mass is 724 g/mol. The molecule has 0 amide bonds. The van der Waals surface area contributed by atoms with E-state index in [2.05, 4.69) is 192 Å². The van der Waals surface area contributed by atoms with Crippen LogP contribution in [0.4, 0.5) is 34.1 Å². The van der Waals surface area contributed by atoms with E-state index in [1.807, 2.05) is 24.3 Å². The molecule has 9 aromatic carbocycles. The molecular formula is C52H40N2O2. The number of anilines is 6. The van der Waals surface area contributed by atoms with Crippen LogP contribution in [0.1, 0.15) is 0 Å². The second-order valence-corrected chi connectivity index (χ2v) is 13.6. The van der Waals surface area contributed by atoms with E-state index in [-0.39, 0.29) is 0 Å². The normalized spacial score (nSPS) is 11.0. The lowest BCUT2D eigenvalue weighted by atomic mass is 9.84. The molecule has 4 nitrogen and oxygen atoms in total. The fraction of sp³-hybridized carbons (Fsp3) is 0.0385. The highest BCUT2D eigenvalue weighted by Gasteiger charge is 2.25. The zero-order valence-corrected chi connectivity index (χ0v) is 31.3. The van der Waals surface area contributed by atoms with Crippen molar-refractivity contribution >= 4 is 55.7 Å². The van der Waals surface area contributed by atoms with Crippen LogP contribution in [-0.4, -0.2) is 14.2 Å². The topological polar surface area (TPSA) is 24.9 Å². The van der Waals surface area contributed by atoms with Crippen molar-refractivity contribution in [3.63, 3.8) is 0 Å². The van der Waals surface area contributed by atoms with Crippen molar-refractivity contribution in [3.8, 4) is 33.8 Å². The molecule has 0 fully saturated rings. The van der Waals surface area contributed by atoms with Gasteiger partial charge in [0.2, 0.25) is 0 Å². The summed E-state index contributed by atoms with van der Waals surface area (Å²) in [7, 11) is 3.49. The minimum absolute atomic E-state index is 0.816. The number of ether oxygens (including phenoxy) is 2. The van der Waals surface area contributed by atoms with Gasteiger partial charge in [-0.15, -0.1) is 0 Å². The molecule has 0 bridgehead atoms. The van der Waals surface area contributed by atoms with E-state index in [1.165, 1.54) is 0 Å². The Hall–Kier alpha value is -7.30. The number of hydrogen-bond acceptors (Lipinski definition) is 4. The molecule has 0 saturated heterocycles. The zero-order valence-electron chi connectivity index (χ0n) is 31.3. The van der Waals surface area contributed by atoms with E-state index < -0.39 is 0 Å². The van der Waals surface area contributed by atoms with Crippen molar-refractivity contribution in [3.05, 3.63) is 206 Å². The first-order chi connectivity index (χ1) is 27.7. The molecule has 0 aliphatic carbocycles. The number of nitrogens with zero attached hydrogens (tertiary/aromatic N) is 2. The molecule has 0 N–H and O–H groups in total. The van der Waals surface area contributed by atoms with Gasteiger partial charge in [-0.3, -0.25) is 0 Å². The van der Waals surface area contributed by atoms with Gasteiger partial charge in [-0.25, -0.2) is 0 Å². The Balaban J connectivity index is 1.35. The van der Waals surface area contributed by atoms with Gasteiger partial charge in [-0.1, -0.05) is 127 Å². The Labute approximate surface area is 328 Å². The smallest absolute Gasteiger partial charge is 0.126 e. The Morgan fingerprint density at radius 2 is 0.679 bits per heavy atom. The predicted molar refractivity (Wildman–Crippen MR) is 235 cm³/mol. The molecule has 0 heterocycles. The SMILES string of the molecule is COc1ccccc1-c1c2ccccc2c(-c2ccccc2OC)c2c(N(c3ccccc3)c3ccc(N(c4ccccc4)c4ccccc4)cc3)cccc12. The predicted octanol–water partition coefficient (Wildman–Crippen LogP) is 14.3. The van der Waals surface area contributed by atoms with Crippen LogP contribution in [0.15, 0.2) is 206 Å². The van der Waals surface area contributed by atoms with E-state index in [1.54, 1.807) is 14.2 Å². The van der Waals surface area contributed by atoms with Crippen molar-refractivity contribution in [2.24, 2.45) is 0 Å². The van der Waals surface area contributed by atoms with Crippen molar-refractivity contribution in [1.29, 1.82) is 0 Å². The maximum Gasteiger partial charge on any atom is 0.126 e. The number of rotatable bonds is 10. The van der Waals surface area contributed by atoms with Gasteiger partial charge in [0.15, 0.2) is 0 Å². The zero-order chi connectivity index (χ0) is 37.8. The molecule has 0 aromatic heterocycles. The van der Waals surface area contributed by atoms with E-state index in [0.717, 1.165) is 89.4 Å². The van der Waals surface area contributed by atoms with Crippen LogP contribution in [-0.2, 0) is 0 Å². The van der Waals surface area contributed by atoms with Gasteiger partial charge in [0.25, 0.3) is 0 Å². The summed E-state index contributed by atoms with van der Waals surface area (Å²) in [5, 5.41) is 4.49. The maximum atomic E-state index is 6.09. The first-order valence-electron chi connectivity index (χ1n) is 18.8. The molecule has 0 atom stereocenters. The standard InChI is InChI=1S/C52H40N2O2/c1-55-48-31-16-14-27-44(48)50-42-25-12-13-26-43(42)51(45-28-15-17-32-49(45)56-2)52-46(50)29-18-30-47(52)54(39-23-10-5-11-24-39)41-35-33-40(34-36-41)53(37-19-6-3-7-20-37)38-21-8-4-9-22-38/h3-36H,1-2H3. The van der Waals surface area contributed by atoms with Crippen molar-refractivity contribution in [2.45, 2.75) is 0 Å². The Kier molecular flexibility index (Phi) is 9.36. The second kappa shape index (κ2) is 15.2. The molecule has 270 valence electrons. The number of hydrogen-bond donors (Lipinski definition) is 0. The first-order valence-corrected chi connectivity index (χ1v) is 18.8. The summed E-state index contributed by atoms with van der Waals surface area (Å²) in [6.07, 6.45) is 0. The van der Waals surface area contributed by atoms with Crippen LogP contribution in [0.5, 0.6) is 11.5 Å². The summed E-state index contributed by atoms with van der Waals surface area (Å²) in [5.74, 6) is 1.64. The average molecular weight is 725 g/mol. The third-order valence-electron chi connectivity index (χ3n) is 10.4. The van der Waals surface area contributed by atoms with Crippen LogP contribution in [0.2, 0.25) is 0 Å². The highest BCUT2D eigenvalue weighted by Crippen LogP contribution is 2.52.